The van der Waals surface area contributed by atoms with Crippen LogP contribution in [-0.2, 0) is 0 Å². The quantitative estimate of drug-likeness (QED) is 0.744. The van der Waals surface area contributed by atoms with Crippen molar-refractivity contribution in [1.29, 1.82) is 5.26 Å². The molecule has 0 aliphatic heterocycles. The number of benzene rings is 1. The van der Waals surface area contributed by atoms with Gasteiger partial charge < -0.3 is 5.32 Å². The summed E-state index contributed by atoms with van der Waals surface area (Å²) in [6.07, 6.45) is 0. The molecule has 78 valence electrons. The third kappa shape index (κ3) is 2.57. The fraction of sp³-hybridized carbons (Fsp3) is 0.333. The summed E-state index contributed by atoms with van der Waals surface area (Å²) in [6.45, 7) is 5.89. The van der Waals surface area contributed by atoms with Crippen LogP contribution in [0.5, 0.6) is 0 Å². The average Bonchev–Trinajstić information content (AvgIpc) is 2.19. The first-order chi connectivity index (χ1) is 7.06. The molecule has 0 unspecified atom stereocenters. The summed E-state index contributed by atoms with van der Waals surface area (Å²) in [7, 11) is 0. The highest BCUT2D eigenvalue weighted by Gasteiger charge is 2.10. The molecule has 0 saturated carbocycles. The summed E-state index contributed by atoms with van der Waals surface area (Å²) in [5.41, 5.74) is 3.77. The number of carbonyl (C=O) groups excluding carboxylic acids is 1. The van der Waals surface area contributed by atoms with E-state index in [0.29, 0.717) is 5.56 Å². The number of nitrogens with one attached hydrogen (secondary N) is 1. The normalized spacial score (nSPS) is 9.47. The Labute approximate surface area is 89.7 Å². The van der Waals surface area contributed by atoms with E-state index in [0.717, 1.165) is 16.7 Å². The van der Waals surface area contributed by atoms with Crippen molar-refractivity contribution < 1.29 is 4.79 Å². The van der Waals surface area contributed by atoms with E-state index in [1.165, 1.54) is 0 Å². The van der Waals surface area contributed by atoms with Crippen LogP contribution in [0.1, 0.15) is 27.0 Å². The third-order valence-corrected chi connectivity index (χ3v) is 2.38. The number of nitriles is 1. The molecule has 0 saturated heterocycles. The molecule has 3 nitrogen and oxygen atoms in total. The number of aryl methyl sites for hydroxylation is 2. The molecule has 0 aromatic heterocycles. The second kappa shape index (κ2) is 4.61. The summed E-state index contributed by atoms with van der Waals surface area (Å²) in [5, 5.41) is 10.9. The van der Waals surface area contributed by atoms with E-state index in [1.54, 1.807) is 0 Å². The number of rotatable bonds is 2. The van der Waals surface area contributed by atoms with Gasteiger partial charge in [-0.2, -0.15) is 5.26 Å². The molecular formula is C12H14N2O. The van der Waals surface area contributed by atoms with E-state index in [-0.39, 0.29) is 12.5 Å². The molecule has 0 radical (unpaired) electrons. The Hall–Kier alpha value is -1.82. The Morgan fingerprint density at radius 2 is 2.07 bits per heavy atom. The number of hydrogen-bond acceptors (Lipinski definition) is 2. The van der Waals surface area contributed by atoms with Crippen LogP contribution in [0, 0.1) is 32.1 Å². The number of hydrogen-bond donors (Lipinski definition) is 1. The summed E-state index contributed by atoms with van der Waals surface area (Å²) in [5.74, 6) is -0.180. The molecule has 0 bridgehead atoms. The minimum Gasteiger partial charge on any atom is -0.339 e. The van der Waals surface area contributed by atoms with Gasteiger partial charge in [0, 0.05) is 5.56 Å². The van der Waals surface area contributed by atoms with Crippen molar-refractivity contribution in [2.24, 2.45) is 0 Å². The summed E-state index contributed by atoms with van der Waals surface area (Å²) < 4.78 is 0. The topological polar surface area (TPSA) is 52.9 Å². The molecule has 0 fully saturated rings. The first kappa shape index (κ1) is 11.3. The van der Waals surface area contributed by atoms with E-state index in [9.17, 15) is 4.79 Å². The Morgan fingerprint density at radius 3 is 2.67 bits per heavy atom. The van der Waals surface area contributed by atoms with Crippen LogP contribution in [0.25, 0.3) is 0 Å². The maximum Gasteiger partial charge on any atom is 0.252 e. The molecule has 0 heterocycles. The van der Waals surface area contributed by atoms with Crippen molar-refractivity contribution in [3.8, 4) is 6.07 Å². The highest BCUT2D eigenvalue weighted by atomic mass is 16.1. The predicted molar refractivity (Wildman–Crippen MR) is 58.6 cm³/mol. The smallest absolute Gasteiger partial charge is 0.252 e. The molecule has 0 aliphatic rings. The maximum absolute atomic E-state index is 11.7. The molecule has 1 rings (SSSR count). The third-order valence-electron chi connectivity index (χ3n) is 2.38. The minimum atomic E-state index is -0.180. The zero-order valence-electron chi connectivity index (χ0n) is 9.22. The fourth-order valence-electron chi connectivity index (χ4n) is 1.49. The lowest BCUT2D eigenvalue weighted by atomic mass is 10.00. The van der Waals surface area contributed by atoms with Gasteiger partial charge in [0.1, 0.15) is 6.54 Å². The van der Waals surface area contributed by atoms with Crippen LogP contribution >= 0.6 is 0 Å². The van der Waals surface area contributed by atoms with E-state index < -0.39 is 0 Å². The average molecular weight is 202 g/mol. The molecule has 0 aliphatic carbocycles. The molecule has 0 atom stereocenters. The molecule has 1 N–H and O–H groups in total. The molecule has 15 heavy (non-hydrogen) atoms. The van der Waals surface area contributed by atoms with Crippen LogP contribution < -0.4 is 5.32 Å². The van der Waals surface area contributed by atoms with Crippen LogP contribution in [0.4, 0.5) is 0 Å². The molecule has 3 heteroatoms. The van der Waals surface area contributed by atoms with Gasteiger partial charge in [0.2, 0.25) is 0 Å². The molecule has 1 aromatic rings. The SMILES string of the molecule is Cc1cc(C)c(C)c(C(=O)NCC#N)c1. The minimum absolute atomic E-state index is 0.0469. The monoisotopic (exact) mass is 202 g/mol. The van der Waals surface area contributed by atoms with Crippen LogP contribution in [0.2, 0.25) is 0 Å². The molecular weight excluding hydrogens is 188 g/mol. The van der Waals surface area contributed by atoms with E-state index >= 15 is 0 Å². The van der Waals surface area contributed by atoms with Crippen LogP contribution in [0.3, 0.4) is 0 Å². The van der Waals surface area contributed by atoms with E-state index in [4.69, 9.17) is 5.26 Å². The second-order valence-corrected chi connectivity index (χ2v) is 3.60. The largest absolute Gasteiger partial charge is 0.339 e. The first-order valence-electron chi connectivity index (χ1n) is 4.79. The zero-order valence-corrected chi connectivity index (χ0v) is 9.22. The van der Waals surface area contributed by atoms with Gasteiger partial charge in [-0.15, -0.1) is 0 Å². The van der Waals surface area contributed by atoms with Gasteiger partial charge in [0.25, 0.3) is 5.91 Å². The molecule has 1 aromatic carbocycles. The zero-order chi connectivity index (χ0) is 11.4. The van der Waals surface area contributed by atoms with Crippen molar-refractivity contribution in [3.05, 3.63) is 34.4 Å². The van der Waals surface area contributed by atoms with Crippen molar-refractivity contribution in [3.63, 3.8) is 0 Å². The van der Waals surface area contributed by atoms with Gasteiger partial charge >= 0.3 is 0 Å². The van der Waals surface area contributed by atoms with Crippen molar-refractivity contribution >= 4 is 5.91 Å². The highest BCUT2D eigenvalue weighted by molar-refractivity contribution is 5.96. The lowest BCUT2D eigenvalue weighted by Crippen LogP contribution is -2.24. The fourth-order valence-corrected chi connectivity index (χ4v) is 1.49. The summed E-state index contributed by atoms with van der Waals surface area (Å²) >= 11 is 0. The number of carbonyl (C=O) groups is 1. The van der Waals surface area contributed by atoms with Gasteiger partial charge in [0.15, 0.2) is 0 Å². The molecule has 1 amide bonds. The van der Waals surface area contributed by atoms with Gasteiger partial charge in [-0.25, -0.2) is 0 Å². The van der Waals surface area contributed by atoms with Crippen molar-refractivity contribution in [2.75, 3.05) is 6.54 Å². The van der Waals surface area contributed by atoms with Gasteiger partial charge in [0.05, 0.1) is 6.07 Å². The predicted octanol–water partition coefficient (Wildman–Crippen LogP) is 1.87. The molecule has 0 spiro atoms. The van der Waals surface area contributed by atoms with E-state index in [2.05, 4.69) is 5.32 Å². The highest BCUT2D eigenvalue weighted by Crippen LogP contribution is 2.15. The van der Waals surface area contributed by atoms with Crippen LogP contribution in [0.15, 0.2) is 12.1 Å². The summed E-state index contributed by atoms with van der Waals surface area (Å²) in [4.78, 5) is 11.7. The van der Waals surface area contributed by atoms with Gasteiger partial charge in [-0.05, 0) is 38.0 Å². The Kier molecular flexibility index (Phi) is 3.46. The summed E-state index contributed by atoms with van der Waals surface area (Å²) in [6, 6.07) is 5.77. The number of amides is 1. The number of nitrogens with zero attached hydrogens (tertiary/aromatic N) is 1. The second-order valence-electron chi connectivity index (χ2n) is 3.60. The van der Waals surface area contributed by atoms with Gasteiger partial charge in [-0.1, -0.05) is 11.6 Å². The Morgan fingerprint density at radius 1 is 1.40 bits per heavy atom. The standard InChI is InChI=1S/C12H14N2O/c1-8-6-9(2)10(3)11(7-8)12(15)14-5-4-13/h6-7H,5H2,1-3H3,(H,14,15). The van der Waals surface area contributed by atoms with Crippen molar-refractivity contribution in [1.82, 2.24) is 5.32 Å². The lowest BCUT2D eigenvalue weighted by molar-refractivity contribution is 0.0957. The first-order valence-corrected chi connectivity index (χ1v) is 4.79. The van der Waals surface area contributed by atoms with E-state index in [1.807, 2.05) is 39.0 Å². The maximum atomic E-state index is 11.7. The Balaban J connectivity index is 3.04. The van der Waals surface area contributed by atoms with Crippen LogP contribution in [-0.4, -0.2) is 12.5 Å². The van der Waals surface area contributed by atoms with Gasteiger partial charge in [-0.3, -0.25) is 4.79 Å². The lowest BCUT2D eigenvalue weighted by Gasteiger charge is -2.09. The van der Waals surface area contributed by atoms with Crippen molar-refractivity contribution in [2.45, 2.75) is 20.8 Å². The Bertz CT molecular complexity index is 430.